The van der Waals surface area contributed by atoms with Crippen LogP contribution in [0.15, 0.2) is 55.0 Å². The third kappa shape index (κ3) is 3.51. The molecule has 132 valence electrons. The molecule has 0 saturated heterocycles. The van der Waals surface area contributed by atoms with Crippen LogP contribution in [0.5, 0.6) is 11.5 Å². The van der Waals surface area contributed by atoms with Crippen molar-refractivity contribution < 1.29 is 9.47 Å². The molecule has 0 aliphatic heterocycles. The molecule has 0 atom stereocenters. The van der Waals surface area contributed by atoms with Crippen molar-refractivity contribution in [3.63, 3.8) is 0 Å². The average Bonchev–Trinajstić information content (AvgIpc) is 3.15. The number of pyridine rings is 2. The third-order valence-corrected chi connectivity index (χ3v) is 4.54. The predicted molar refractivity (Wildman–Crippen MR) is 102 cm³/mol. The predicted octanol–water partition coefficient (Wildman–Crippen LogP) is 4.03. The lowest BCUT2D eigenvalue weighted by molar-refractivity contribution is 0.300. The van der Waals surface area contributed by atoms with Crippen LogP contribution in [0.3, 0.4) is 0 Å². The van der Waals surface area contributed by atoms with Crippen molar-refractivity contribution in [2.24, 2.45) is 0 Å². The zero-order valence-corrected chi connectivity index (χ0v) is 14.8. The van der Waals surface area contributed by atoms with Crippen molar-refractivity contribution in [3.8, 4) is 17.6 Å². The minimum atomic E-state index is 0.391. The number of fused-ring (bicyclic) bond motifs is 1. The topological polar surface area (TPSA) is 68.0 Å². The number of ether oxygens (including phenoxy) is 2. The van der Waals surface area contributed by atoms with Crippen LogP contribution in [0.1, 0.15) is 27.9 Å². The smallest absolute Gasteiger partial charge is 0.137 e. The Labute approximate surface area is 157 Å². The van der Waals surface area contributed by atoms with E-state index in [-0.39, 0.29) is 0 Å². The summed E-state index contributed by atoms with van der Waals surface area (Å²) in [6.07, 6.45) is 7.92. The van der Waals surface area contributed by atoms with Gasteiger partial charge in [-0.05, 0) is 59.0 Å². The van der Waals surface area contributed by atoms with Gasteiger partial charge in [0.2, 0.25) is 0 Å². The molecule has 2 aromatic heterocycles. The zero-order valence-electron chi connectivity index (χ0n) is 14.8. The van der Waals surface area contributed by atoms with Crippen LogP contribution in [-0.4, -0.2) is 17.1 Å². The molecule has 0 N–H and O–H groups in total. The van der Waals surface area contributed by atoms with Crippen molar-refractivity contribution in [3.05, 3.63) is 82.9 Å². The Balaban J connectivity index is 1.51. The molecule has 0 fully saturated rings. The number of hydrogen-bond acceptors (Lipinski definition) is 5. The van der Waals surface area contributed by atoms with Crippen LogP contribution in [0, 0.1) is 11.3 Å². The van der Waals surface area contributed by atoms with E-state index in [2.05, 4.69) is 28.2 Å². The largest absolute Gasteiger partial charge is 0.495 e. The van der Waals surface area contributed by atoms with E-state index in [1.165, 1.54) is 5.56 Å². The summed E-state index contributed by atoms with van der Waals surface area (Å²) in [5.74, 6) is 1.51. The molecule has 5 heteroatoms. The standard InChI is InChI=1S/C22H17N3O2/c1-26-21-5-3-19(25-13-21)14-27-20-4-2-15-8-17(9-16(15)10-20)22-6-7-24-12-18(22)11-23/h2-7,9-10,12-13H,8,14H2,1H3. The first-order valence-electron chi connectivity index (χ1n) is 8.56. The van der Waals surface area contributed by atoms with Gasteiger partial charge in [0.15, 0.2) is 0 Å². The summed E-state index contributed by atoms with van der Waals surface area (Å²) in [5, 5.41) is 9.30. The van der Waals surface area contributed by atoms with Crippen molar-refractivity contribution in [1.29, 1.82) is 5.26 Å². The van der Waals surface area contributed by atoms with Gasteiger partial charge in [0, 0.05) is 12.4 Å². The molecule has 0 unspecified atom stereocenters. The second-order valence-electron chi connectivity index (χ2n) is 6.22. The molecule has 1 aliphatic carbocycles. The van der Waals surface area contributed by atoms with Gasteiger partial charge < -0.3 is 9.47 Å². The number of nitriles is 1. The van der Waals surface area contributed by atoms with Crippen LogP contribution >= 0.6 is 0 Å². The quantitative estimate of drug-likeness (QED) is 0.691. The molecule has 5 nitrogen and oxygen atoms in total. The van der Waals surface area contributed by atoms with Crippen LogP contribution < -0.4 is 9.47 Å². The van der Waals surface area contributed by atoms with Gasteiger partial charge in [0.25, 0.3) is 0 Å². The summed E-state index contributed by atoms with van der Waals surface area (Å²) in [7, 11) is 1.62. The van der Waals surface area contributed by atoms with E-state index in [4.69, 9.17) is 9.47 Å². The van der Waals surface area contributed by atoms with E-state index >= 15 is 0 Å². The third-order valence-electron chi connectivity index (χ3n) is 4.54. The van der Waals surface area contributed by atoms with Gasteiger partial charge in [0.1, 0.15) is 24.2 Å². The Kier molecular flexibility index (Phi) is 4.54. The summed E-state index contributed by atoms with van der Waals surface area (Å²) >= 11 is 0. The summed E-state index contributed by atoms with van der Waals surface area (Å²) in [4.78, 5) is 8.34. The van der Waals surface area contributed by atoms with Crippen molar-refractivity contribution in [1.82, 2.24) is 9.97 Å². The molecule has 0 saturated carbocycles. The average molecular weight is 355 g/mol. The lowest BCUT2D eigenvalue weighted by Gasteiger charge is -2.08. The van der Waals surface area contributed by atoms with Crippen molar-refractivity contribution >= 4 is 11.6 Å². The van der Waals surface area contributed by atoms with Gasteiger partial charge in [0.05, 0.1) is 24.6 Å². The Bertz CT molecular complexity index is 1050. The van der Waals surface area contributed by atoms with E-state index in [1.807, 2.05) is 30.3 Å². The zero-order chi connectivity index (χ0) is 18.6. The lowest BCUT2D eigenvalue weighted by Crippen LogP contribution is -1.98. The van der Waals surface area contributed by atoms with Gasteiger partial charge in [-0.25, -0.2) is 0 Å². The number of nitrogens with zero attached hydrogens (tertiary/aromatic N) is 3. The molecule has 0 amide bonds. The Morgan fingerprint density at radius 1 is 1.11 bits per heavy atom. The number of methoxy groups -OCH3 is 1. The molecule has 27 heavy (non-hydrogen) atoms. The molecule has 0 radical (unpaired) electrons. The molecule has 1 aromatic carbocycles. The Morgan fingerprint density at radius 3 is 2.78 bits per heavy atom. The molecular formula is C22H17N3O2. The second-order valence-corrected chi connectivity index (χ2v) is 6.22. The fourth-order valence-corrected chi connectivity index (χ4v) is 3.11. The van der Waals surface area contributed by atoms with Crippen LogP contribution in [0.25, 0.3) is 11.6 Å². The van der Waals surface area contributed by atoms with Gasteiger partial charge in [-0.15, -0.1) is 0 Å². The molecule has 0 bridgehead atoms. The minimum Gasteiger partial charge on any atom is -0.495 e. The van der Waals surface area contributed by atoms with Crippen LogP contribution in [0.2, 0.25) is 0 Å². The molecule has 2 heterocycles. The lowest BCUT2D eigenvalue weighted by atomic mass is 10.0. The Morgan fingerprint density at radius 2 is 2.00 bits per heavy atom. The molecular weight excluding hydrogens is 338 g/mol. The number of aromatic nitrogens is 2. The Hall–Kier alpha value is -3.65. The summed E-state index contributed by atoms with van der Waals surface area (Å²) in [5.41, 5.74) is 5.83. The molecule has 0 spiro atoms. The van der Waals surface area contributed by atoms with Crippen molar-refractivity contribution in [2.75, 3.05) is 7.11 Å². The summed E-state index contributed by atoms with van der Waals surface area (Å²) < 4.78 is 11.0. The summed E-state index contributed by atoms with van der Waals surface area (Å²) in [6.45, 7) is 0.391. The molecule has 4 rings (SSSR count). The SMILES string of the molecule is COc1ccc(COc2ccc3c(c2)C=C(c2ccncc2C#N)C3)nc1. The van der Waals surface area contributed by atoms with E-state index in [9.17, 15) is 5.26 Å². The highest BCUT2D eigenvalue weighted by Crippen LogP contribution is 2.34. The van der Waals surface area contributed by atoms with Gasteiger partial charge in [-0.2, -0.15) is 5.26 Å². The normalized spacial score (nSPS) is 12.1. The number of allylic oxidation sites excluding steroid dienone is 1. The first kappa shape index (κ1) is 16.8. The highest BCUT2D eigenvalue weighted by Gasteiger charge is 2.17. The highest BCUT2D eigenvalue weighted by molar-refractivity contribution is 5.90. The summed E-state index contributed by atoms with van der Waals surface area (Å²) in [6, 6.07) is 13.9. The maximum Gasteiger partial charge on any atom is 0.137 e. The van der Waals surface area contributed by atoms with Gasteiger partial charge in [-0.1, -0.05) is 12.1 Å². The first-order valence-corrected chi connectivity index (χ1v) is 8.56. The highest BCUT2D eigenvalue weighted by atomic mass is 16.5. The van der Waals surface area contributed by atoms with Gasteiger partial charge in [-0.3, -0.25) is 9.97 Å². The fourth-order valence-electron chi connectivity index (χ4n) is 3.11. The van der Waals surface area contributed by atoms with Crippen LogP contribution in [0.4, 0.5) is 0 Å². The monoisotopic (exact) mass is 355 g/mol. The first-order chi connectivity index (χ1) is 13.3. The number of benzene rings is 1. The van der Waals surface area contributed by atoms with E-state index in [0.717, 1.165) is 40.3 Å². The number of rotatable bonds is 5. The maximum absolute atomic E-state index is 9.30. The van der Waals surface area contributed by atoms with Gasteiger partial charge >= 0.3 is 0 Å². The maximum atomic E-state index is 9.30. The van der Waals surface area contributed by atoms with Crippen LogP contribution in [-0.2, 0) is 13.0 Å². The van der Waals surface area contributed by atoms with Crippen molar-refractivity contribution in [2.45, 2.75) is 13.0 Å². The fraction of sp³-hybridized carbons (Fsp3) is 0.136. The molecule has 1 aliphatic rings. The second kappa shape index (κ2) is 7.30. The minimum absolute atomic E-state index is 0.391. The molecule has 3 aromatic rings. The van der Waals surface area contributed by atoms with E-state index in [0.29, 0.717) is 12.2 Å². The van der Waals surface area contributed by atoms with E-state index < -0.39 is 0 Å². The number of hydrogen-bond donors (Lipinski definition) is 0. The van der Waals surface area contributed by atoms with E-state index in [1.54, 1.807) is 25.7 Å².